The minimum atomic E-state index is 0. The van der Waals surface area contributed by atoms with Gasteiger partial charge in [0.15, 0.2) is 0 Å². The standard InChI is InChI=1S/2C44H24Cl4N4.2Fe.O/c2*45-29-9-1-25(2-10-29)41-33-17-19-35(49-33)42(26-3-11-30(46)12-4-26)37-21-23-39(51-37)44(28-7-15-32(48)16-8-28)40-24-22-38(52-40)43(36-20-18-34(41)50-36)27-5-13-31(47)14-6-27;;;/h2*1-24H;;;/q2*-2;2*+3;-2. The molecule has 0 fully saturated rings. The van der Waals surface area contributed by atoms with Crippen molar-refractivity contribution < 1.29 is 39.6 Å². The van der Waals surface area contributed by atoms with Crippen LogP contribution in [0, 0.1) is 0 Å². The summed E-state index contributed by atoms with van der Waals surface area (Å²) < 4.78 is 0. The fourth-order valence-corrected chi connectivity index (χ4v) is 14.5. The van der Waals surface area contributed by atoms with E-state index in [1.54, 1.807) is 0 Å². The van der Waals surface area contributed by atoms with Crippen LogP contribution in [0.15, 0.2) is 243 Å². The monoisotopic (exact) mass is 1620 g/mol. The van der Waals surface area contributed by atoms with Crippen LogP contribution in [-0.2, 0) is 39.6 Å². The Kier molecular flexibility index (Phi) is 21.9. The van der Waals surface area contributed by atoms with Crippen LogP contribution in [0.3, 0.4) is 0 Å². The Bertz CT molecular complexity index is 5140. The number of nitrogens with zero attached hydrogens (tertiary/aromatic N) is 8. The van der Waals surface area contributed by atoms with Gasteiger partial charge >= 0.3 is 34.1 Å². The van der Waals surface area contributed by atoms with E-state index in [9.17, 15) is 0 Å². The molecule has 0 amide bonds. The summed E-state index contributed by atoms with van der Waals surface area (Å²) in [5.74, 6) is 0. The molecule has 0 N–H and O–H groups in total. The van der Waals surface area contributed by atoms with Crippen molar-refractivity contribution in [2.75, 3.05) is 0 Å². The third-order valence-electron chi connectivity index (χ3n) is 18.3. The Labute approximate surface area is 676 Å². The van der Waals surface area contributed by atoms with Gasteiger partial charge in [0.25, 0.3) is 0 Å². The molecule has 0 unspecified atom stereocenters. The molecule has 18 rings (SSSR count). The summed E-state index contributed by atoms with van der Waals surface area (Å²) in [6.07, 6.45) is 16.3. The molecule has 16 bridgehead atoms. The van der Waals surface area contributed by atoms with E-state index in [2.05, 4.69) is 0 Å². The molecule has 6 aromatic heterocycles. The van der Waals surface area contributed by atoms with Crippen LogP contribution in [0.1, 0.15) is 45.6 Å². The second-order valence-corrected chi connectivity index (χ2v) is 28.3. The molecule has 10 heterocycles. The van der Waals surface area contributed by atoms with Crippen LogP contribution in [0.25, 0.3) is 182 Å². The zero-order valence-electron chi connectivity index (χ0n) is 55.4. The Morgan fingerprint density at radius 1 is 0.159 bits per heavy atom. The SMILES string of the molecule is Clc1ccc(-c2c3nc(c(-c4ccc(Cl)cc4)c4ccc([n-]4)c(-c4ccc(Cl)cc4)c4nc(c(-c5ccc(Cl)cc5)c5ccc2[n-]5)C=C4)C=C3)cc1.Clc1ccc(-c2c3nc(c(-c4ccc(Cl)cc4)c4ccc([n-]4)c(-c4ccc(Cl)cc4)c4nc(c(-c5ccc(Cl)cc5)c5ccc2[n-]5)C=C4)C=C3)cc1.[Fe+3].[Fe+3].[O-2]. The molecule has 9 nitrogen and oxygen atoms in total. The van der Waals surface area contributed by atoms with E-state index in [0.717, 1.165) is 179 Å². The number of aromatic nitrogens is 8. The minimum Gasteiger partial charge on any atom is -2.00 e. The molecule has 4 aliphatic heterocycles. The van der Waals surface area contributed by atoms with Gasteiger partial charge in [-0.15, -0.1) is 44.1 Å². The Hall–Kier alpha value is -9.72. The molecule has 8 aromatic carbocycles. The van der Waals surface area contributed by atoms with Gasteiger partial charge in [-0.25, -0.2) is 19.9 Å². The van der Waals surface area contributed by atoms with Gasteiger partial charge in [-0.05, 0) is 235 Å². The maximum absolute atomic E-state index is 6.36. The summed E-state index contributed by atoms with van der Waals surface area (Å²) in [5.41, 5.74) is 26.7. The Morgan fingerprint density at radius 2 is 0.262 bits per heavy atom. The van der Waals surface area contributed by atoms with Gasteiger partial charge in [0.05, 0.1) is 45.6 Å². The molecule has 19 heteroatoms. The summed E-state index contributed by atoms with van der Waals surface area (Å²) in [4.78, 5) is 42.2. The van der Waals surface area contributed by atoms with Crippen molar-refractivity contribution in [2.45, 2.75) is 0 Å². The zero-order chi connectivity index (χ0) is 70.7. The van der Waals surface area contributed by atoms with Gasteiger partial charge in [0.2, 0.25) is 0 Å². The van der Waals surface area contributed by atoms with Gasteiger partial charge in [0.1, 0.15) is 0 Å². The van der Waals surface area contributed by atoms with Gasteiger partial charge in [-0.2, -0.15) is 0 Å². The first-order valence-corrected chi connectivity index (χ1v) is 36.0. The van der Waals surface area contributed by atoms with E-state index >= 15 is 0 Å². The molecule has 0 spiro atoms. The van der Waals surface area contributed by atoms with Crippen molar-refractivity contribution in [2.24, 2.45) is 0 Å². The minimum absolute atomic E-state index is 0. The summed E-state index contributed by atoms with van der Waals surface area (Å²) in [7, 11) is 0. The molecular weight excluding hydrogens is 1580 g/mol. The van der Waals surface area contributed by atoms with Gasteiger partial charge in [0, 0.05) is 40.2 Å². The van der Waals surface area contributed by atoms with E-state index in [1.165, 1.54) is 0 Å². The molecule has 0 atom stereocenters. The Balaban J connectivity index is 0.000000175. The summed E-state index contributed by atoms with van der Waals surface area (Å²) in [6, 6.07) is 78.3. The maximum atomic E-state index is 6.36. The normalized spacial score (nSPS) is 11.7. The number of benzene rings is 8. The van der Waals surface area contributed by atoms with Crippen molar-refractivity contribution in [3.05, 3.63) is 328 Å². The smallest absolute Gasteiger partial charge is 2.00 e. The first kappa shape index (κ1) is 74.1. The van der Waals surface area contributed by atoms with Crippen molar-refractivity contribution in [3.63, 3.8) is 0 Å². The number of hydrogen-bond acceptors (Lipinski definition) is 4. The summed E-state index contributed by atoms with van der Waals surface area (Å²) >= 11 is 50.9. The van der Waals surface area contributed by atoms with Crippen molar-refractivity contribution in [1.82, 2.24) is 39.9 Å². The molecule has 0 saturated heterocycles. The topological polar surface area (TPSA) is 136 Å². The predicted molar refractivity (Wildman–Crippen MR) is 438 cm³/mol. The van der Waals surface area contributed by atoms with E-state index in [1.807, 2.05) is 291 Å². The average Bonchev–Trinajstić information content (AvgIpc) is 1.63. The summed E-state index contributed by atoms with van der Waals surface area (Å²) in [5, 5.41) is 5.17. The van der Waals surface area contributed by atoms with Crippen LogP contribution >= 0.6 is 92.8 Å². The van der Waals surface area contributed by atoms with Crippen LogP contribution in [0.2, 0.25) is 40.2 Å². The third kappa shape index (κ3) is 15.1. The molecule has 518 valence electrons. The molecule has 0 aliphatic carbocycles. The van der Waals surface area contributed by atoms with Crippen molar-refractivity contribution in [3.8, 4) is 89.0 Å². The van der Waals surface area contributed by atoms with Crippen LogP contribution < -0.4 is 19.9 Å². The van der Waals surface area contributed by atoms with Gasteiger partial charge < -0.3 is 25.4 Å². The van der Waals surface area contributed by atoms with E-state index in [4.69, 9.17) is 133 Å². The predicted octanol–water partition coefficient (Wildman–Crippen LogP) is 26.3. The largest absolute Gasteiger partial charge is 3.00 e. The fourth-order valence-electron chi connectivity index (χ4n) is 13.5. The molecule has 0 saturated carbocycles. The molecule has 2 radical (unpaired) electrons. The molecule has 107 heavy (non-hydrogen) atoms. The van der Waals surface area contributed by atoms with Crippen LogP contribution in [-0.4, -0.2) is 19.9 Å². The second kappa shape index (κ2) is 31.6. The maximum Gasteiger partial charge on any atom is 3.00 e. The first-order valence-electron chi connectivity index (χ1n) is 32.9. The molecule has 14 aromatic rings. The quantitative estimate of drug-likeness (QED) is 0.137. The number of halogens is 8. The Morgan fingerprint density at radius 3 is 0.364 bits per heavy atom. The first-order chi connectivity index (χ1) is 50.7. The second-order valence-electron chi connectivity index (χ2n) is 24.8. The van der Waals surface area contributed by atoms with Crippen molar-refractivity contribution >= 4 is 186 Å². The van der Waals surface area contributed by atoms with E-state index in [-0.39, 0.29) is 39.6 Å². The summed E-state index contributed by atoms with van der Waals surface area (Å²) in [6.45, 7) is 0. The van der Waals surface area contributed by atoms with Gasteiger partial charge in [-0.1, -0.05) is 238 Å². The zero-order valence-corrected chi connectivity index (χ0v) is 63.7. The van der Waals surface area contributed by atoms with Crippen LogP contribution in [0.5, 0.6) is 0 Å². The fraction of sp³-hybridized carbons (Fsp3) is 0. The van der Waals surface area contributed by atoms with Gasteiger partial charge in [-0.3, -0.25) is 0 Å². The third-order valence-corrected chi connectivity index (χ3v) is 20.3. The van der Waals surface area contributed by atoms with E-state index < -0.39 is 0 Å². The number of fused-ring (bicyclic) bond motifs is 16. The van der Waals surface area contributed by atoms with E-state index in [0.29, 0.717) is 40.2 Å². The molecule has 4 aliphatic rings. The number of hydrogen-bond donors (Lipinski definition) is 0. The van der Waals surface area contributed by atoms with Crippen LogP contribution in [0.4, 0.5) is 0 Å². The average molecular weight is 1630 g/mol. The molecular formula is C88H48Cl8Fe2N8O. The number of rotatable bonds is 8. The van der Waals surface area contributed by atoms with Crippen molar-refractivity contribution in [1.29, 1.82) is 0 Å².